The molecule has 0 aliphatic carbocycles. The zero-order valence-corrected chi connectivity index (χ0v) is 20.3. The lowest BCUT2D eigenvalue weighted by Crippen LogP contribution is -2.38. The van der Waals surface area contributed by atoms with Crippen molar-refractivity contribution in [3.63, 3.8) is 0 Å². The molecular formula is C25H22F4N8O. The van der Waals surface area contributed by atoms with Crippen molar-refractivity contribution in [3.05, 3.63) is 71.6 Å². The molecule has 196 valence electrons. The average molecular weight is 526 g/mol. The van der Waals surface area contributed by atoms with Crippen molar-refractivity contribution in [2.45, 2.75) is 19.4 Å². The Hall–Kier alpha value is -3.97. The van der Waals surface area contributed by atoms with Crippen molar-refractivity contribution in [1.82, 2.24) is 39.5 Å². The van der Waals surface area contributed by atoms with Crippen LogP contribution < -0.4 is 0 Å². The Morgan fingerprint density at radius 2 is 1.82 bits per heavy atom. The first kappa shape index (κ1) is 24.4. The highest BCUT2D eigenvalue weighted by molar-refractivity contribution is 5.85. The summed E-state index contributed by atoms with van der Waals surface area (Å²) in [6.45, 7) is 6.12. The first-order chi connectivity index (χ1) is 18.3. The Kier molecular flexibility index (Phi) is 6.03. The minimum Gasteiger partial charge on any atom is -0.379 e. The van der Waals surface area contributed by atoms with E-state index in [-0.39, 0.29) is 16.6 Å². The zero-order valence-electron chi connectivity index (χ0n) is 20.3. The minimum absolute atomic E-state index is 0.0291. The molecule has 4 aromatic heterocycles. The van der Waals surface area contributed by atoms with Gasteiger partial charge in [-0.05, 0) is 25.1 Å². The summed E-state index contributed by atoms with van der Waals surface area (Å²) >= 11 is 0. The molecule has 0 atom stereocenters. The first-order valence-electron chi connectivity index (χ1n) is 12.0. The fourth-order valence-corrected chi connectivity index (χ4v) is 4.54. The van der Waals surface area contributed by atoms with Crippen LogP contribution in [-0.2, 0) is 17.2 Å². The van der Waals surface area contributed by atoms with E-state index in [2.05, 4.69) is 30.3 Å². The lowest BCUT2D eigenvalue weighted by Gasteiger charge is -2.26. The number of fused-ring (bicyclic) bond motifs is 2. The third-order valence-corrected chi connectivity index (χ3v) is 6.58. The van der Waals surface area contributed by atoms with Gasteiger partial charge in [0.2, 0.25) is 5.82 Å². The van der Waals surface area contributed by atoms with Gasteiger partial charge in [-0.1, -0.05) is 0 Å². The second kappa shape index (κ2) is 9.40. The highest BCUT2D eigenvalue weighted by atomic mass is 19.3. The van der Waals surface area contributed by atoms with Crippen molar-refractivity contribution >= 4 is 16.6 Å². The fraction of sp³-hybridized carbons (Fsp3) is 0.320. The molecule has 13 heteroatoms. The van der Waals surface area contributed by atoms with E-state index in [1.54, 1.807) is 30.1 Å². The maximum absolute atomic E-state index is 15.7. The summed E-state index contributed by atoms with van der Waals surface area (Å²) in [6.07, 6.45) is 4.80. The minimum atomic E-state index is -4.16. The van der Waals surface area contributed by atoms with Gasteiger partial charge < -0.3 is 4.74 Å². The molecule has 0 amide bonds. The smallest absolute Gasteiger partial charge is 0.339 e. The molecule has 0 N–H and O–H groups in total. The molecule has 0 bridgehead atoms. The largest absolute Gasteiger partial charge is 0.379 e. The van der Waals surface area contributed by atoms with E-state index in [9.17, 15) is 4.39 Å². The van der Waals surface area contributed by atoms with E-state index in [4.69, 9.17) is 4.74 Å². The molecule has 6 rings (SSSR count). The van der Waals surface area contributed by atoms with Crippen LogP contribution in [0.4, 0.5) is 17.6 Å². The van der Waals surface area contributed by atoms with E-state index >= 15 is 13.2 Å². The summed E-state index contributed by atoms with van der Waals surface area (Å²) in [7, 11) is 0. The van der Waals surface area contributed by atoms with Crippen LogP contribution in [0.3, 0.4) is 0 Å². The molecule has 0 saturated carbocycles. The summed E-state index contributed by atoms with van der Waals surface area (Å²) < 4.78 is 69.7. The predicted molar refractivity (Wildman–Crippen MR) is 129 cm³/mol. The van der Waals surface area contributed by atoms with Crippen LogP contribution >= 0.6 is 0 Å². The second-order valence-electron chi connectivity index (χ2n) is 9.13. The van der Waals surface area contributed by atoms with Gasteiger partial charge in [0, 0.05) is 54.6 Å². The van der Waals surface area contributed by atoms with Crippen LogP contribution in [0.1, 0.15) is 17.1 Å². The van der Waals surface area contributed by atoms with Gasteiger partial charge >= 0.3 is 5.92 Å². The molecular weight excluding hydrogens is 504 g/mol. The lowest BCUT2D eigenvalue weighted by molar-refractivity contribution is 0.0231. The quantitative estimate of drug-likeness (QED) is 0.313. The summed E-state index contributed by atoms with van der Waals surface area (Å²) in [6, 6.07) is 5.17. The number of alkyl halides is 2. The van der Waals surface area contributed by atoms with Crippen molar-refractivity contribution in [2.24, 2.45) is 0 Å². The molecule has 5 aromatic rings. The van der Waals surface area contributed by atoms with E-state index in [0.717, 1.165) is 30.2 Å². The highest BCUT2D eigenvalue weighted by Crippen LogP contribution is 2.40. The average Bonchev–Trinajstić information content (AvgIpc) is 3.55. The number of aryl methyl sites for hydroxylation is 1. The van der Waals surface area contributed by atoms with Crippen LogP contribution in [0, 0.1) is 18.6 Å². The number of halogens is 4. The van der Waals surface area contributed by atoms with Gasteiger partial charge in [0.05, 0.1) is 37.2 Å². The molecule has 38 heavy (non-hydrogen) atoms. The second-order valence-corrected chi connectivity index (χ2v) is 9.13. The maximum atomic E-state index is 15.7. The number of hydrogen-bond donors (Lipinski definition) is 0. The Bertz CT molecular complexity index is 1640. The van der Waals surface area contributed by atoms with Crippen LogP contribution in [0.2, 0.25) is 0 Å². The summed E-state index contributed by atoms with van der Waals surface area (Å²) in [5, 5.41) is 15.3. The summed E-state index contributed by atoms with van der Waals surface area (Å²) in [5.41, 5.74) is -0.0119. The number of pyridine rings is 1. The van der Waals surface area contributed by atoms with Crippen LogP contribution in [0.25, 0.3) is 27.7 Å². The van der Waals surface area contributed by atoms with Gasteiger partial charge in [0.1, 0.15) is 17.2 Å². The molecule has 5 heterocycles. The monoisotopic (exact) mass is 526 g/mol. The number of aromatic nitrogens is 7. The van der Waals surface area contributed by atoms with Gasteiger partial charge in [-0.15, -0.1) is 10.2 Å². The van der Waals surface area contributed by atoms with Gasteiger partial charge in [-0.25, -0.2) is 8.78 Å². The Morgan fingerprint density at radius 1 is 1.00 bits per heavy atom. The maximum Gasteiger partial charge on any atom is 0.339 e. The zero-order chi connectivity index (χ0) is 26.4. The number of morpholine rings is 1. The van der Waals surface area contributed by atoms with E-state index in [0.29, 0.717) is 36.6 Å². The standard InChI is InChI=1S/C25H22F4N8O/c1-15-2-3-21-32-33-24(37(21)34-15)25(28,29)22-19(26)11-20-18(23(22)27)10-16(12-30-20)17-13-31-36(14-17)5-4-35-6-8-38-9-7-35/h2-3,10-14H,4-9H2,1H3. The Labute approximate surface area is 213 Å². The predicted octanol–water partition coefficient (Wildman–Crippen LogP) is 3.59. The number of benzene rings is 1. The van der Waals surface area contributed by atoms with Crippen LogP contribution in [0.5, 0.6) is 0 Å². The number of nitrogens with zero attached hydrogens (tertiary/aromatic N) is 8. The Morgan fingerprint density at radius 3 is 2.63 bits per heavy atom. The summed E-state index contributed by atoms with van der Waals surface area (Å²) in [4.78, 5) is 6.39. The fourth-order valence-electron chi connectivity index (χ4n) is 4.54. The number of hydrogen-bond acceptors (Lipinski definition) is 7. The van der Waals surface area contributed by atoms with Crippen molar-refractivity contribution < 1.29 is 22.3 Å². The van der Waals surface area contributed by atoms with E-state index < -0.39 is 28.9 Å². The van der Waals surface area contributed by atoms with Crippen molar-refractivity contribution in [2.75, 3.05) is 32.8 Å². The van der Waals surface area contributed by atoms with Gasteiger partial charge in [0.25, 0.3) is 0 Å². The third kappa shape index (κ3) is 4.27. The van der Waals surface area contributed by atoms with Gasteiger partial charge in [-0.3, -0.25) is 14.6 Å². The molecule has 0 radical (unpaired) electrons. The lowest BCUT2D eigenvalue weighted by atomic mass is 10.0. The molecule has 1 aliphatic rings. The normalized spacial score (nSPS) is 15.1. The first-order valence-corrected chi connectivity index (χ1v) is 12.0. The van der Waals surface area contributed by atoms with E-state index in [1.165, 1.54) is 18.3 Å². The summed E-state index contributed by atoms with van der Waals surface area (Å²) in [5.74, 6) is -8.02. The molecule has 1 aromatic carbocycles. The van der Waals surface area contributed by atoms with Crippen LogP contribution in [0.15, 0.2) is 42.9 Å². The molecule has 1 aliphatic heterocycles. The molecule has 1 saturated heterocycles. The van der Waals surface area contributed by atoms with Gasteiger partial charge in [-0.2, -0.15) is 23.5 Å². The molecule has 9 nitrogen and oxygen atoms in total. The molecule has 0 spiro atoms. The Balaban J connectivity index is 1.35. The number of rotatable bonds is 6. The van der Waals surface area contributed by atoms with Crippen molar-refractivity contribution in [1.29, 1.82) is 0 Å². The SMILES string of the molecule is Cc1ccc2nnc(C(F)(F)c3c(F)cc4ncc(-c5cnn(CCN6CCOCC6)c5)cc4c3F)n2n1. The van der Waals surface area contributed by atoms with Crippen LogP contribution in [-0.4, -0.2) is 72.3 Å². The van der Waals surface area contributed by atoms with E-state index in [1.807, 2.05) is 0 Å². The van der Waals surface area contributed by atoms with Crippen molar-refractivity contribution in [3.8, 4) is 11.1 Å². The number of ether oxygens (including phenoxy) is 1. The highest BCUT2D eigenvalue weighted by Gasteiger charge is 2.45. The molecule has 1 fully saturated rings. The third-order valence-electron chi connectivity index (χ3n) is 6.58. The topological polar surface area (TPSA) is 86.3 Å². The molecule has 0 unspecified atom stereocenters. The van der Waals surface area contributed by atoms with Gasteiger partial charge in [0.15, 0.2) is 5.65 Å².